The van der Waals surface area contributed by atoms with Gasteiger partial charge < -0.3 is 20.1 Å². The number of carbonyl (C=O) groups is 1. The Morgan fingerprint density at radius 1 is 1.28 bits per heavy atom. The Hall–Kier alpha value is -2.02. The van der Waals surface area contributed by atoms with Crippen molar-refractivity contribution in [2.45, 2.75) is 58.8 Å². The molecular weight excluding hydrogens is 406 g/mol. The molecule has 0 saturated heterocycles. The maximum absolute atomic E-state index is 14.3. The van der Waals surface area contributed by atoms with Crippen molar-refractivity contribution in [2.24, 2.45) is 34.5 Å². The number of nitrogens with zero attached hydrogens (tertiary/aromatic N) is 1. The number of ether oxygens (including phenoxy) is 1. The summed E-state index contributed by atoms with van der Waals surface area (Å²) in [5.74, 6) is 0.124. The Labute approximate surface area is 189 Å². The third kappa shape index (κ3) is 2.46. The summed E-state index contributed by atoms with van der Waals surface area (Å²) in [6.07, 6.45) is 3.59. The average Bonchev–Trinajstić information content (AvgIpc) is 3.23. The van der Waals surface area contributed by atoms with Crippen LogP contribution in [0.4, 0.5) is 0 Å². The van der Waals surface area contributed by atoms with E-state index in [0.717, 1.165) is 12.0 Å². The third-order valence-electron chi connectivity index (χ3n) is 9.09. The molecule has 0 radical (unpaired) electrons. The fourth-order valence-corrected chi connectivity index (χ4v) is 7.30. The molecule has 0 aromatic carbocycles. The predicted molar refractivity (Wildman–Crippen MR) is 119 cm³/mol. The summed E-state index contributed by atoms with van der Waals surface area (Å²) in [4.78, 5) is 18.6. The highest BCUT2D eigenvalue weighted by Gasteiger charge is 2.76. The number of hydrogen-bond donors (Lipinski definition) is 3. The highest BCUT2D eigenvalue weighted by Crippen LogP contribution is 2.71. The quantitative estimate of drug-likeness (QED) is 0.626. The molecule has 6 nitrogen and oxygen atoms in total. The molecule has 2 fully saturated rings. The maximum Gasteiger partial charge on any atom is 0.216 e. The molecule has 1 heterocycles. The zero-order chi connectivity index (χ0) is 23.2. The zero-order valence-electron chi connectivity index (χ0n) is 19.4. The Kier molecular flexibility index (Phi) is 4.60. The number of Topliss-reactive ketones (excluding diaryl/α,β-unsaturated/α-hetero) is 1. The van der Waals surface area contributed by atoms with Crippen molar-refractivity contribution in [3.63, 3.8) is 0 Å². The lowest BCUT2D eigenvalue weighted by Gasteiger charge is -2.49. The Morgan fingerprint density at radius 3 is 2.66 bits per heavy atom. The number of ketones is 1. The average molecular weight is 440 g/mol. The summed E-state index contributed by atoms with van der Waals surface area (Å²) >= 11 is 0. The van der Waals surface area contributed by atoms with Crippen molar-refractivity contribution >= 4 is 5.78 Å². The van der Waals surface area contributed by atoms with Gasteiger partial charge in [-0.3, -0.25) is 4.79 Å². The van der Waals surface area contributed by atoms with Crippen molar-refractivity contribution in [3.8, 4) is 5.88 Å². The first kappa shape index (κ1) is 21.8. The first-order chi connectivity index (χ1) is 15.0. The topological polar surface area (TPSA) is 99.9 Å². The molecule has 1 aromatic heterocycles. The lowest BCUT2D eigenvalue weighted by atomic mass is 9.59. The summed E-state index contributed by atoms with van der Waals surface area (Å²) in [7, 11) is 0. The number of allylic oxidation sites excluding steroid dienone is 1. The van der Waals surface area contributed by atoms with E-state index in [2.05, 4.69) is 18.8 Å². The maximum atomic E-state index is 14.3. The molecular formula is C26H33NO5. The smallest absolute Gasteiger partial charge is 0.216 e. The lowest BCUT2D eigenvalue weighted by Crippen LogP contribution is -2.66. The van der Waals surface area contributed by atoms with Gasteiger partial charge >= 0.3 is 0 Å². The Balaban J connectivity index is 1.70. The molecule has 8 atom stereocenters. The van der Waals surface area contributed by atoms with Gasteiger partial charge in [0.2, 0.25) is 5.88 Å². The van der Waals surface area contributed by atoms with Crippen LogP contribution in [0.15, 0.2) is 41.6 Å². The SMILES string of the molecule is CC1=C[C@]23C(=O)[C@@H](C=C(CO)[C@@H](O)[C@]2(O)[C@H]1Oc1ncccc1C)[C@H]1[C@@H](C[C@H]3C)C1(C)C. The van der Waals surface area contributed by atoms with Crippen LogP contribution in [-0.4, -0.2) is 50.5 Å². The zero-order valence-corrected chi connectivity index (χ0v) is 19.4. The van der Waals surface area contributed by atoms with Crippen LogP contribution in [0.2, 0.25) is 0 Å². The third-order valence-corrected chi connectivity index (χ3v) is 9.09. The second-order valence-corrected chi connectivity index (χ2v) is 11.0. The molecule has 5 rings (SSSR count). The van der Waals surface area contributed by atoms with Crippen LogP contribution in [0.1, 0.15) is 39.7 Å². The second kappa shape index (κ2) is 6.75. The van der Waals surface area contributed by atoms with Crippen molar-refractivity contribution in [2.75, 3.05) is 6.61 Å². The number of aromatic nitrogens is 1. The number of rotatable bonds is 3. The first-order valence-electron chi connectivity index (χ1n) is 11.6. The van der Waals surface area contributed by atoms with E-state index < -0.39 is 35.7 Å². The minimum atomic E-state index is -1.94. The minimum absolute atomic E-state index is 0.0129. The molecule has 2 saturated carbocycles. The number of pyridine rings is 1. The molecule has 4 aliphatic carbocycles. The van der Waals surface area contributed by atoms with E-state index in [-0.39, 0.29) is 28.6 Å². The summed E-state index contributed by atoms with van der Waals surface area (Å²) in [5, 5.41) is 34.1. The van der Waals surface area contributed by atoms with Gasteiger partial charge in [-0.2, -0.15) is 0 Å². The fourth-order valence-electron chi connectivity index (χ4n) is 7.30. The first-order valence-corrected chi connectivity index (χ1v) is 11.6. The van der Waals surface area contributed by atoms with E-state index in [1.54, 1.807) is 18.3 Å². The Morgan fingerprint density at radius 2 is 2.00 bits per heavy atom. The van der Waals surface area contributed by atoms with Gasteiger partial charge in [0.25, 0.3) is 0 Å². The normalized spacial score (nSPS) is 43.9. The number of hydrogen-bond acceptors (Lipinski definition) is 6. The molecule has 4 aliphatic rings. The number of aryl methyl sites for hydroxylation is 1. The summed E-state index contributed by atoms with van der Waals surface area (Å²) < 4.78 is 6.26. The van der Waals surface area contributed by atoms with Crippen LogP contribution in [0.3, 0.4) is 0 Å². The van der Waals surface area contributed by atoms with Gasteiger partial charge in [0.05, 0.1) is 12.0 Å². The summed E-state index contributed by atoms with van der Waals surface area (Å²) in [5.41, 5.74) is -1.44. The molecule has 172 valence electrons. The van der Waals surface area contributed by atoms with Crippen molar-refractivity contribution in [3.05, 3.63) is 47.2 Å². The van der Waals surface area contributed by atoms with Gasteiger partial charge in [0.1, 0.15) is 6.10 Å². The van der Waals surface area contributed by atoms with E-state index in [1.807, 2.05) is 32.9 Å². The van der Waals surface area contributed by atoms with Crippen LogP contribution in [-0.2, 0) is 4.79 Å². The van der Waals surface area contributed by atoms with Gasteiger partial charge in [-0.05, 0) is 60.6 Å². The van der Waals surface area contributed by atoms with Crippen molar-refractivity contribution < 1.29 is 24.9 Å². The minimum Gasteiger partial charge on any atom is -0.466 e. The lowest BCUT2D eigenvalue weighted by molar-refractivity contribution is -0.186. The monoisotopic (exact) mass is 439 g/mol. The molecule has 0 amide bonds. The van der Waals surface area contributed by atoms with Crippen molar-refractivity contribution in [1.29, 1.82) is 0 Å². The van der Waals surface area contributed by atoms with Crippen LogP contribution < -0.4 is 4.74 Å². The molecule has 2 bridgehead atoms. The summed E-state index contributed by atoms with van der Waals surface area (Å²) in [6, 6.07) is 3.67. The van der Waals surface area contributed by atoms with E-state index in [9.17, 15) is 20.1 Å². The number of aliphatic hydroxyl groups is 3. The van der Waals surface area contributed by atoms with Crippen LogP contribution in [0.5, 0.6) is 5.88 Å². The molecule has 0 unspecified atom stereocenters. The summed E-state index contributed by atoms with van der Waals surface area (Å²) in [6.45, 7) is 9.65. The Bertz CT molecular complexity index is 1040. The highest BCUT2D eigenvalue weighted by atomic mass is 16.5. The van der Waals surface area contributed by atoms with Gasteiger partial charge in [-0.1, -0.05) is 39.0 Å². The van der Waals surface area contributed by atoms with Gasteiger partial charge in [-0.25, -0.2) is 4.98 Å². The van der Waals surface area contributed by atoms with E-state index >= 15 is 0 Å². The van der Waals surface area contributed by atoms with E-state index in [4.69, 9.17) is 4.74 Å². The number of aliphatic hydroxyl groups excluding tert-OH is 2. The van der Waals surface area contributed by atoms with Gasteiger partial charge in [0, 0.05) is 17.7 Å². The van der Waals surface area contributed by atoms with Crippen molar-refractivity contribution in [1.82, 2.24) is 4.98 Å². The molecule has 0 aliphatic heterocycles. The predicted octanol–water partition coefficient (Wildman–Crippen LogP) is 2.61. The fraction of sp³-hybridized carbons (Fsp3) is 0.615. The van der Waals surface area contributed by atoms with Crippen LogP contribution in [0.25, 0.3) is 0 Å². The standard InChI is InChI=1S/C26H33NO5/c1-13-7-6-8-27-23(13)32-22-14(2)11-25-15(3)9-18-19(24(18,4)5)17(21(25)30)10-16(12-28)20(29)26(22,25)31/h6-8,10-11,15,17-20,22,28-29,31H,9,12H2,1-5H3/t15-,17+,18-,19+,20-,22+,25+,26+/m1/s1. The molecule has 6 heteroatoms. The van der Waals surface area contributed by atoms with Crippen LogP contribution >= 0.6 is 0 Å². The molecule has 32 heavy (non-hydrogen) atoms. The van der Waals surface area contributed by atoms with Gasteiger partial charge in [0.15, 0.2) is 17.5 Å². The largest absolute Gasteiger partial charge is 0.466 e. The highest BCUT2D eigenvalue weighted by molar-refractivity contribution is 5.95. The second-order valence-electron chi connectivity index (χ2n) is 11.0. The molecule has 1 aromatic rings. The van der Waals surface area contributed by atoms with E-state index in [1.165, 1.54) is 0 Å². The molecule has 1 spiro atoms. The van der Waals surface area contributed by atoms with Gasteiger partial charge in [-0.15, -0.1) is 0 Å². The number of carbonyl (C=O) groups excluding carboxylic acids is 1. The number of fused-ring (bicyclic) bond motifs is 3. The van der Waals surface area contributed by atoms with E-state index in [0.29, 0.717) is 17.4 Å². The molecule has 3 N–H and O–H groups in total. The van der Waals surface area contributed by atoms with Crippen LogP contribution in [0, 0.1) is 41.4 Å².